The first kappa shape index (κ1) is 13.2. The van der Waals surface area contributed by atoms with Crippen LogP contribution in [0.3, 0.4) is 0 Å². The zero-order chi connectivity index (χ0) is 12.1. The Morgan fingerprint density at radius 2 is 2.29 bits per heavy atom. The van der Waals surface area contributed by atoms with Gasteiger partial charge in [0, 0.05) is 19.6 Å². The minimum atomic E-state index is -0.0380. The Balaban J connectivity index is 1.91. The molecule has 2 rings (SSSR count). The van der Waals surface area contributed by atoms with Gasteiger partial charge in [-0.25, -0.2) is 0 Å². The van der Waals surface area contributed by atoms with E-state index in [4.69, 9.17) is 9.47 Å². The van der Waals surface area contributed by atoms with Gasteiger partial charge in [-0.05, 0) is 23.8 Å². The summed E-state index contributed by atoms with van der Waals surface area (Å²) in [6.45, 7) is 4.28. The van der Waals surface area contributed by atoms with E-state index >= 15 is 0 Å². The molecule has 0 amide bonds. The minimum Gasteiger partial charge on any atom is -0.469 e. The zero-order valence-corrected chi connectivity index (χ0v) is 11.2. The van der Waals surface area contributed by atoms with Gasteiger partial charge >= 0.3 is 5.97 Å². The average Bonchev–Trinajstić information content (AvgIpc) is 2.90. The molecule has 0 aromatic carbocycles. The van der Waals surface area contributed by atoms with E-state index in [0.717, 1.165) is 45.0 Å². The number of carbonyl (C=O) groups excluding carboxylic acids is 1. The van der Waals surface area contributed by atoms with Gasteiger partial charge in [0.1, 0.15) is 0 Å². The van der Waals surface area contributed by atoms with E-state index in [1.165, 1.54) is 12.9 Å². The van der Waals surface area contributed by atoms with Crippen LogP contribution >= 0.6 is 11.8 Å². The molecule has 4 nitrogen and oxygen atoms in total. The predicted octanol–water partition coefficient (Wildman–Crippen LogP) is 0.861. The number of methoxy groups -OCH3 is 1. The third kappa shape index (κ3) is 3.60. The number of esters is 1. The van der Waals surface area contributed by atoms with Gasteiger partial charge in [0.15, 0.2) is 0 Å². The molecule has 0 radical (unpaired) electrons. The Kier molecular flexibility index (Phi) is 5.13. The third-order valence-corrected chi connectivity index (χ3v) is 4.78. The molecule has 0 aromatic heterocycles. The maximum Gasteiger partial charge on any atom is 0.310 e. The van der Waals surface area contributed by atoms with Gasteiger partial charge in [0.05, 0.1) is 26.2 Å². The highest BCUT2D eigenvalue weighted by Gasteiger charge is 2.33. The minimum absolute atomic E-state index is 0.0380. The Morgan fingerprint density at radius 1 is 1.53 bits per heavy atom. The highest BCUT2D eigenvalue weighted by Crippen LogP contribution is 2.31. The summed E-state index contributed by atoms with van der Waals surface area (Å²) in [5.74, 6) is 2.79. The average molecular weight is 259 g/mol. The van der Waals surface area contributed by atoms with Crippen LogP contribution in [0.2, 0.25) is 0 Å². The van der Waals surface area contributed by atoms with Crippen LogP contribution in [-0.2, 0) is 14.3 Å². The second kappa shape index (κ2) is 6.61. The van der Waals surface area contributed by atoms with Crippen LogP contribution < -0.4 is 0 Å². The lowest BCUT2D eigenvalue weighted by Crippen LogP contribution is -2.43. The molecule has 2 saturated heterocycles. The number of hydrogen-bond donors (Lipinski definition) is 0. The lowest BCUT2D eigenvalue weighted by molar-refractivity contribution is -0.148. The van der Waals surface area contributed by atoms with E-state index in [9.17, 15) is 4.79 Å². The van der Waals surface area contributed by atoms with Gasteiger partial charge in [-0.3, -0.25) is 9.69 Å². The Bertz CT molecular complexity index is 250. The predicted molar refractivity (Wildman–Crippen MR) is 68.2 cm³/mol. The molecule has 0 spiro atoms. The smallest absolute Gasteiger partial charge is 0.310 e. The van der Waals surface area contributed by atoms with Crippen molar-refractivity contribution < 1.29 is 14.3 Å². The van der Waals surface area contributed by atoms with E-state index in [1.807, 2.05) is 11.8 Å². The summed E-state index contributed by atoms with van der Waals surface area (Å²) >= 11 is 1.95. The molecule has 0 N–H and O–H groups in total. The van der Waals surface area contributed by atoms with Crippen molar-refractivity contribution in [1.82, 2.24) is 4.90 Å². The molecular weight excluding hydrogens is 238 g/mol. The van der Waals surface area contributed by atoms with E-state index in [2.05, 4.69) is 4.90 Å². The molecule has 0 aromatic rings. The second-order valence-electron chi connectivity index (χ2n) is 4.67. The molecule has 2 aliphatic rings. The lowest BCUT2D eigenvalue weighted by Gasteiger charge is -2.31. The summed E-state index contributed by atoms with van der Waals surface area (Å²) in [4.78, 5) is 14.2. The van der Waals surface area contributed by atoms with Crippen LogP contribution in [0.25, 0.3) is 0 Å². The molecule has 0 aliphatic carbocycles. The number of carbonyl (C=O) groups is 1. The highest BCUT2D eigenvalue weighted by atomic mass is 32.2. The molecule has 2 fully saturated rings. The summed E-state index contributed by atoms with van der Waals surface area (Å²) in [7, 11) is 1.50. The molecule has 98 valence electrons. The molecule has 2 aliphatic heterocycles. The molecule has 2 heterocycles. The highest BCUT2D eigenvalue weighted by molar-refractivity contribution is 7.99. The van der Waals surface area contributed by atoms with E-state index < -0.39 is 0 Å². The maximum atomic E-state index is 11.9. The van der Waals surface area contributed by atoms with Crippen LogP contribution in [0.5, 0.6) is 0 Å². The van der Waals surface area contributed by atoms with Crippen molar-refractivity contribution in [2.24, 2.45) is 11.8 Å². The van der Waals surface area contributed by atoms with Gasteiger partial charge in [-0.2, -0.15) is 11.8 Å². The van der Waals surface area contributed by atoms with E-state index in [-0.39, 0.29) is 11.9 Å². The standard InChI is InChI=1S/C12H21NO3S/c1-15-12(14)11(10-2-7-17-9-10)8-13-3-5-16-6-4-13/h10-11H,2-9H2,1H3. The number of morpholine rings is 1. The zero-order valence-electron chi connectivity index (χ0n) is 10.4. The fourth-order valence-corrected chi connectivity index (χ4v) is 3.84. The number of hydrogen-bond acceptors (Lipinski definition) is 5. The number of nitrogens with zero attached hydrogens (tertiary/aromatic N) is 1. The van der Waals surface area contributed by atoms with E-state index in [1.54, 1.807) is 0 Å². The molecule has 2 unspecified atom stereocenters. The summed E-state index contributed by atoms with van der Waals surface area (Å²) in [5, 5.41) is 0. The first-order chi connectivity index (χ1) is 8.31. The number of ether oxygens (including phenoxy) is 2. The second-order valence-corrected chi connectivity index (χ2v) is 5.82. The normalized spacial score (nSPS) is 27.9. The molecular formula is C12H21NO3S. The quantitative estimate of drug-likeness (QED) is 0.700. The Hall–Kier alpha value is -0.260. The number of thioether (sulfide) groups is 1. The van der Waals surface area contributed by atoms with Crippen molar-refractivity contribution >= 4 is 17.7 Å². The largest absolute Gasteiger partial charge is 0.469 e. The Morgan fingerprint density at radius 3 is 2.88 bits per heavy atom. The van der Waals surface area contributed by atoms with Crippen molar-refractivity contribution in [2.75, 3.05) is 51.5 Å². The fraction of sp³-hybridized carbons (Fsp3) is 0.917. The van der Waals surface area contributed by atoms with E-state index in [0.29, 0.717) is 5.92 Å². The van der Waals surface area contributed by atoms with Crippen LogP contribution in [0, 0.1) is 11.8 Å². The fourth-order valence-electron chi connectivity index (χ4n) is 2.50. The van der Waals surface area contributed by atoms with Gasteiger partial charge in [0.25, 0.3) is 0 Å². The summed E-state index contributed by atoms with van der Waals surface area (Å²) in [5.41, 5.74) is 0. The van der Waals surface area contributed by atoms with Gasteiger partial charge in [0.2, 0.25) is 0 Å². The maximum absolute atomic E-state index is 11.9. The van der Waals surface area contributed by atoms with Gasteiger partial charge in [-0.1, -0.05) is 0 Å². The topological polar surface area (TPSA) is 38.8 Å². The van der Waals surface area contributed by atoms with Crippen LogP contribution in [0.4, 0.5) is 0 Å². The summed E-state index contributed by atoms with van der Waals surface area (Å²) in [6.07, 6.45) is 1.15. The van der Waals surface area contributed by atoms with Gasteiger partial charge in [-0.15, -0.1) is 0 Å². The van der Waals surface area contributed by atoms with Crippen molar-refractivity contribution in [3.05, 3.63) is 0 Å². The SMILES string of the molecule is COC(=O)C(CN1CCOCC1)C1CCSC1. The molecule has 0 bridgehead atoms. The van der Waals surface area contributed by atoms with Crippen molar-refractivity contribution in [2.45, 2.75) is 6.42 Å². The molecule has 0 saturated carbocycles. The van der Waals surface area contributed by atoms with Gasteiger partial charge < -0.3 is 9.47 Å². The number of rotatable bonds is 4. The first-order valence-corrected chi connectivity index (χ1v) is 7.42. The molecule has 2 atom stereocenters. The summed E-state index contributed by atoms with van der Waals surface area (Å²) in [6, 6.07) is 0. The summed E-state index contributed by atoms with van der Waals surface area (Å²) < 4.78 is 10.3. The Labute approximate surface area is 107 Å². The van der Waals surface area contributed by atoms with Crippen molar-refractivity contribution in [3.8, 4) is 0 Å². The lowest BCUT2D eigenvalue weighted by atomic mass is 9.91. The first-order valence-electron chi connectivity index (χ1n) is 6.27. The monoisotopic (exact) mass is 259 g/mol. The molecule has 5 heteroatoms. The van der Waals surface area contributed by atoms with Crippen LogP contribution in [0.1, 0.15) is 6.42 Å². The van der Waals surface area contributed by atoms with Crippen LogP contribution in [-0.4, -0.2) is 62.3 Å². The van der Waals surface area contributed by atoms with Crippen LogP contribution in [0.15, 0.2) is 0 Å². The third-order valence-electron chi connectivity index (χ3n) is 3.60. The van der Waals surface area contributed by atoms with Crippen molar-refractivity contribution in [3.63, 3.8) is 0 Å². The van der Waals surface area contributed by atoms with Crippen molar-refractivity contribution in [1.29, 1.82) is 0 Å². The molecule has 17 heavy (non-hydrogen) atoms.